The van der Waals surface area contributed by atoms with Gasteiger partial charge in [-0.05, 0) is 67.6 Å². The Labute approximate surface area is 207 Å². The smallest absolute Gasteiger partial charge is 0.234 e. The molecule has 0 atom stereocenters. The van der Waals surface area contributed by atoms with Crippen molar-refractivity contribution in [3.63, 3.8) is 0 Å². The number of ether oxygens (including phenoxy) is 2. The third kappa shape index (κ3) is 6.30. The number of aromatic nitrogens is 3. The number of anilines is 1. The molecule has 0 aliphatic carbocycles. The number of carbonyl (C=O) groups is 1. The summed E-state index contributed by atoms with van der Waals surface area (Å²) in [7, 11) is 0. The number of benzene rings is 3. The molecule has 0 saturated carbocycles. The van der Waals surface area contributed by atoms with Crippen molar-refractivity contribution >= 4 is 35.0 Å². The summed E-state index contributed by atoms with van der Waals surface area (Å²) in [5.74, 6) is 2.12. The van der Waals surface area contributed by atoms with Crippen LogP contribution < -0.4 is 14.8 Å². The molecule has 1 amide bonds. The van der Waals surface area contributed by atoms with Crippen molar-refractivity contribution in [3.05, 3.63) is 89.7 Å². The van der Waals surface area contributed by atoms with E-state index < -0.39 is 0 Å². The number of thioether (sulfide) groups is 1. The van der Waals surface area contributed by atoms with Crippen LogP contribution in [-0.4, -0.2) is 33.0 Å². The summed E-state index contributed by atoms with van der Waals surface area (Å²) in [5, 5.41) is 12.7. The molecule has 1 aromatic heterocycles. The minimum absolute atomic E-state index is 0.151. The highest BCUT2D eigenvalue weighted by Crippen LogP contribution is 2.25. The van der Waals surface area contributed by atoms with Crippen molar-refractivity contribution in [1.82, 2.24) is 14.8 Å². The molecular weight excluding hydrogens is 472 g/mol. The first kappa shape index (κ1) is 23.7. The summed E-state index contributed by atoms with van der Waals surface area (Å²) < 4.78 is 13.2. The van der Waals surface area contributed by atoms with Gasteiger partial charge in [0.15, 0.2) is 11.0 Å². The molecule has 0 aliphatic heterocycles. The Morgan fingerprint density at radius 2 is 1.65 bits per heavy atom. The van der Waals surface area contributed by atoms with Gasteiger partial charge in [-0.1, -0.05) is 41.6 Å². The Morgan fingerprint density at radius 1 is 0.941 bits per heavy atom. The molecule has 0 fully saturated rings. The average molecular weight is 495 g/mol. The monoisotopic (exact) mass is 494 g/mol. The summed E-state index contributed by atoms with van der Waals surface area (Å²) in [4.78, 5) is 12.5. The Morgan fingerprint density at radius 3 is 2.35 bits per heavy atom. The molecule has 0 unspecified atom stereocenters. The first-order valence-electron chi connectivity index (χ1n) is 10.7. The second-order valence-electron chi connectivity index (χ2n) is 7.11. The summed E-state index contributed by atoms with van der Waals surface area (Å²) >= 11 is 7.36. The van der Waals surface area contributed by atoms with Crippen molar-refractivity contribution in [2.24, 2.45) is 0 Å². The number of nitrogens with zero attached hydrogens (tertiary/aromatic N) is 3. The fourth-order valence-electron chi connectivity index (χ4n) is 3.13. The number of hydrogen-bond acceptors (Lipinski definition) is 6. The van der Waals surface area contributed by atoms with Gasteiger partial charge in [0.05, 0.1) is 12.4 Å². The quantitative estimate of drug-likeness (QED) is 0.288. The molecule has 34 heavy (non-hydrogen) atoms. The van der Waals surface area contributed by atoms with E-state index in [0.717, 1.165) is 17.2 Å². The Hall–Kier alpha value is -3.49. The van der Waals surface area contributed by atoms with Crippen molar-refractivity contribution in [2.75, 3.05) is 17.7 Å². The molecule has 4 rings (SSSR count). The number of amides is 1. The van der Waals surface area contributed by atoms with Gasteiger partial charge in [0.25, 0.3) is 0 Å². The standard InChI is InChI=1S/C25H23ClN4O3S/c1-2-32-22-14-10-19(11-15-22)27-24(31)17-34-25-29-28-23(16-33-21-6-4-3-5-7-21)30(25)20-12-8-18(26)9-13-20/h3-15H,2,16-17H2,1H3,(H,27,31). The first-order chi connectivity index (χ1) is 16.6. The van der Waals surface area contributed by atoms with Crippen molar-refractivity contribution < 1.29 is 14.3 Å². The van der Waals surface area contributed by atoms with Crippen LogP contribution >= 0.6 is 23.4 Å². The molecule has 0 spiro atoms. The van der Waals surface area contributed by atoms with Crippen LogP contribution in [0.4, 0.5) is 5.69 Å². The molecule has 7 nitrogen and oxygen atoms in total. The van der Waals surface area contributed by atoms with Gasteiger partial charge in [-0.25, -0.2) is 0 Å². The molecule has 0 radical (unpaired) electrons. The molecular formula is C25H23ClN4O3S. The zero-order valence-electron chi connectivity index (χ0n) is 18.5. The summed E-state index contributed by atoms with van der Waals surface area (Å²) in [6.45, 7) is 2.74. The van der Waals surface area contributed by atoms with Gasteiger partial charge in [-0.3, -0.25) is 9.36 Å². The third-order valence-corrected chi connectivity index (χ3v) is 5.86. The van der Waals surface area contributed by atoms with Crippen LogP contribution in [0, 0.1) is 0 Å². The maximum absolute atomic E-state index is 12.5. The summed E-state index contributed by atoms with van der Waals surface area (Å²) in [6.07, 6.45) is 0. The van der Waals surface area contributed by atoms with E-state index in [1.54, 1.807) is 12.1 Å². The molecule has 3 aromatic carbocycles. The van der Waals surface area contributed by atoms with E-state index in [9.17, 15) is 4.79 Å². The van der Waals surface area contributed by atoms with Gasteiger partial charge >= 0.3 is 0 Å². The molecule has 0 saturated heterocycles. The summed E-state index contributed by atoms with van der Waals surface area (Å²) in [6, 6.07) is 24.1. The van der Waals surface area contributed by atoms with Crippen LogP contribution in [0.5, 0.6) is 11.5 Å². The minimum Gasteiger partial charge on any atom is -0.494 e. The number of halogens is 1. The van der Waals surface area contributed by atoms with E-state index in [2.05, 4.69) is 15.5 Å². The van der Waals surface area contributed by atoms with Gasteiger partial charge in [0, 0.05) is 16.4 Å². The highest BCUT2D eigenvalue weighted by molar-refractivity contribution is 7.99. The molecule has 0 bridgehead atoms. The molecule has 174 valence electrons. The molecule has 0 aliphatic rings. The number of para-hydroxylation sites is 1. The molecule has 1 N–H and O–H groups in total. The number of hydrogen-bond donors (Lipinski definition) is 1. The van der Waals surface area contributed by atoms with Gasteiger partial charge < -0.3 is 14.8 Å². The second-order valence-corrected chi connectivity index (χ2v) is 8.49. The van der Waals surface area contributed by atoms with Crippen molar-refractivity contribution in [2.45, 2.75) is 18.7 Å². The van der Waals surface area contributed by atoms with Gasteiger partial charge in [-0.2, -0.15) is 0 Å². The number of carbonyl (C=O) groups excluding carboxylic acids is 1. The third-order valence-electron chi connectivity index (χ3n) is 4.68. The fourth-order valence-corrected chi connectivity index (χ4v) is 4.03. The van der Waals surface area contributed by atoms with Gasteiger partial charge in [0.1, 0.15) is 18.1 Å². The Kier molecular flexibility index (Phi) is 8.06. The van der Waals surface area contributed by atoms with Crippen LogP contribution in [0.2, 0.25) is 5.02 Å². The van der Waals surface area contributed by atoms with Crippen LogP contribution in [0.25, 0.3) is 5.69 Å². The second kappa shape index (κ2) is 11.6. The van der Waals surface area contributed by atoms with Crippen molar-refractivity contribution in [3.8, 4) is 17.2 Å². The predicted octanol–water partition coefficient (Wildman–Crippen LogP) is 5.63. The highest BCUT2D eigenvalue weighted by atomic mass is 35.5. The van der Waals surface area contributed by atoms with Gasteiger partial charge in [-0.15, -0.1) is 10.2 Å². The van der Waals surface area contributed by atoms with Crippen LogP contribution in [0.3, 0.4) is 0 Å². The predicted molar refractivity (Wildman–Crippen MR) is 134 cm³/mol. The van der Waals surface area contributed by atoms with E-state index in [1.807, 2.05) is 78.2 Å². The normalized spacial score (nSPS) is 10.6. The maximum Gasteiger partial charge on any atom is 0.234 e. The number of rotatable bonds is 10. The zero-order chi connectivity index (χ0) is 23.8. The topological polar surface area (TPSA) is 78.3 Å². The lowest BCUT2D eigenvalue weighted by Gasteiger charge is -2.11. The van der Waals surface area contributed by atoms with Gasteiger partial charge in [0.2, 0.25) is 5.91 Å². The molecule has 1 heterocycles. The molecule has 9 heteroatoms. The van der Waals surface area contributed by atoms with Crippen molar-refractivity contribution in [1.29, 1.82) is 0 Å². The fraction of sp³-hybridized carbons (Fsp3) is 0.160. The lowest BCUT2D eigenvalue weighted by molar-refractivity contribution is -0.113. The lowest BCUT2D eigenvalue weighted by atomic mass is 10.3. The summed E-state index contributed by atoms with van der Waals surface area (Å²) in [5.41, 5.74) is 1.53. The van der Waals surface area contributed by atoms with E-state index in [-0.39, 0.29) is 18.3 Å². The van der Waals surface area contributed by atoms with E-state index >= 15 is 0 Å². The first-order valence-corrected chi connectivity index (χ1v) is 12.0. The van der Waals surface area contributed by atoms with E-state index in [1.165, 1.54) is 11.8 Å². The largest absolute Gasteiger partial charge is 0.494 e. The lowest BCUT2D eigenvalue weighted by Crippen LogP contribution is -2.14. The van der Waals surface area contributed by atoms with Crippen LogP contribution in [0.1, 0.15) is 12.7 Å². The Balaban J connectivity index is 1.46. The van der Waals surface area contributed by atoms with Crippen LogP contribution in [0.15, 0.2) is 84.0 Å². The minimum atomic E-state index is -0.151. The Bertz CT molecular complexity index is 1220. The highest BCUT2D eigenvalue weighted by Gasteiger charge is 2.17. The number of nitrogens with one attached hydrogen (secondary N) is 1. The zero-order valence-corrected chi connectivity index (χ0v) is 20.1. The molecule has 4 aromatic rings. The maximum atomic E-state index is 12.5. The average Bonchev–Trinajstić information content (AvgIpc) is 3.27. The van der Waals surface area contributed by atoms with E-state index in [4.69, 9.17) is 21.1 Å². The van der Waals surface area contributed by atoms with Crippen LogP contribution in [-0.2, 0) is 11.4 Å². The van der Waals surface area contributed by atoms with E-state index in [0.29, 0.717) is 28.3 Å². The SMILES string of the molecule is CCOc1ccc(NC(=O)CSc2nnc(COc3ccccc3)n2-c2ccc(Cl)cc2)cc1.